The van der Waals surface area contributed by atoms with Crippen molar-refractivity contribution in [3.05, 3.63) is 11.8 Å². The minimum absolute atomic E-state index is 0.0246. The molecule has 2 rings (SSSR count). The first kappa shape index (κ1) is 12.7. The third kappa shape index (κ3) is 1.90. The number of carbonyl (C=O) groups is 1. The summed E-state index contributed by atoms with van der Waals surface area (Å²) in [5.41, 5.74) is -0.980. The van der Waals surface area contributed by atoms with Gasteiger partial charge < -0.3 is 10.0 Å². The minimum atomic E-state index is -4.56. The SMILES string of the molecule is CN1CC(O)N(c2cc(C(F)(F)F)n(C)n2)C1=O. The first-order valence-electron chi connectivity index (χ1n) is 5.05. The summed E-state index contributed by atoms with van der Waals surface area (Å²) >= 11 is 0. The van der Waals surface area contributed by atoms with E-state index in [0.717, 1.165) is 18.0 Å². The number of hydrogen-bond donors (Lipinski definition) is 1. The van der Waals surface area contributed by atoms with Gasteiger partial charge in [0.2, 0.25) is 0 Å². The lowest BCUT2D eigenvalue weighted by molar-refractivity contribution is -0.143. The first-order valence-corrected chi connectivity index (χ1v) is 5.05. The summed E-state index contributed by atoms with van der Waals surface area (Å²) in [5.74, 6) is -0.216. The van der Waals surface area contributed by atoms with Crippen molar-refractivity contribution in [3.63, 3.8) is 0 Å². The van der Waals surface area contributed by atoms with Crippen LogP contribution in [0.25, 0.3) is 0 Å². The fourth-order valence-corrected chi connectivity index (χ4v) is 1.80. The van der Waals surface area contributed by atoms with E-state index in [4.69, 9.17) is 0 Å². The number of urea groups is 1. The molecule has 6 nitrogen and oxygen atoms in total. The number of halogens is 3. The van der Waals surface area contributed by atoms with Gasteiger partial charge in [0.15, 0.2) is 12.0 Å². The second-order valence-electron chi connectivity index (χ2n) is 4.02. The fraction of sp³-hybridized carbons (Fsp3) is 0.556. The molecule has 1 atom stereocenters. The van der Waals surface area contributed by atoms with Crippen LogP contribution in [0.5, 0.6) is 0 Å². The summed E-state index contributed by atoms with van der Waals surface area (Å²) in [6.45, 7) is 0.0246. The fourth-order valence-electron chi connectivity index (χ4n) is 1.80. The molecule has 1 unspecified atom stereocenters. The van der Waals surface area contributed by atoms with E-state index in [0.29, 0.717) is 4.68 Å². The second kappa shape index (κ2) is 3.87. The highest BCUT2D eigenvalue weighted by atomic mass is 19.4. The van der Waals surface area contributed by atoms with Gasteiger partial charge in [-0.05, 0) is 0 Å². The van der Waals surface area contributed by atoms with Crippen molar-refractivity contribution in [3.8, 4) is 0 Å². The monoisotopic (exact) mass is 264 g/mol. The van der Waals surface area contributed by atoms with Gasteiger partial charge in [0.05, 0.1) is 6.54 Å². The summed E-state index contributed by atoms with van der Waals surface area (Å²) in [6, 6.07) is 0.148. The van der Waals surface area contributed by atoms with Crippen molar-refractivity contribution < 1.29 is 23.1 Å². The lowest BCUT2D eigenvalue weighted by atomic mass is 10.4. The van der Waals surface area contributed by atoms with E-state index in [1.807, 2.05) is 0 Å². The smallest absolute Gasteiger partial charge is 0.371 e. The molecule has 1 N–H and O–H groups in total. The quantitative estimate of drug-likeness (QED) is 0.809. The molecule has 1 aromatic rings. The molecule has 1 aliphatic heterocycles. The summed E-state index contributed by atoms with van der Waals surface area (Å²) < 4.78 is 38.4. The van der Waals surface area contributed by atoms with E-state index in [-0.39, 0.29) is 12.4 Å². The van der Waals surface area contributed by atoms with Crippen LogP contribution >= 0.6 is 0 Å². The molecule has 0 aromatic carbocycles. The van der Waals surface area contributed by atoms with Gasteiger partial charge in [-0.2, -0.15) is 18.3 Å². The van der Waals surface area contributed by atoms with E-state index < -0.39 is 24.1 Å². The molecule has 1 fully saturated rings. The average molecular weight is 264 g/mol. The number of β-amino-alcohol motifs (C(OH)–C–C–N with tert-alkyl or cyclic N) is 1. The number of likely N-dealkylation sites (N-methyl/N-ethyl adjacent to an activating group) is 1. The molecule has 2 heterocycles. The maximum atomic E-state index is 12.6. The Bertz CT molecular complexity index is 485. The molecule has 0 radical (unpaired) electrons. The van der Waals surface area contributed by atoms with Crippen molar-refractivity contribution in [1.29, 1.82) is 0 Å². The van der Waals surface area contributed by atoms with Gasteiger partial charge in [-0.15, -0.1) is 0 Å². The van der Waals surface area contributed by atoms with Crippen LogP contribution in [-0.2, 0) is 13.2 Å². The van der Waals surface area contributed by atoms with Crippen molar-refractivity contribution in [2.24, 2.45) is 7.05 Å². The van der Waals surface area contributed by atoms with E-state index in [9.17, 15) is 23.1 Å². The number of aliphatic hydroxyl groups excluding tert-OH is 1. The summed E-state index contributed by atoms with van der Waals surface area (Å²) in [7, 11) is 2.57. The highest BCUT2D eigenvalue weighted by molar-refractivity contribution is 5.93. The molecular weight excluding hydrogens is 253 g/mol. The predicted molar refractivity (Wildman–Crippen MR) is 54.7 cm³/mol. The maximum absolute atomic E-state index is 12.6. The number of nitrogens with zero attached hydrogens (tertiary/aromatic N) is 4. The third-order valence-electron chi connectivity index (χ3n) is 2.67. The maximum Gasteiger partial charge on any atom is 0.433 e. The van der Waals surface area contributed by atoms with Crippen molar-refractivity contribution in [2.75, 3.05) is 18.5 Å². The lowest BCUT2D eigenvalue weighted by Crippen LogP contribution is -2.34. The van der Waals surface area contributed by atoms with Gasteiger partial charge in [0.1, 0.15) is 5.69 Å². The van der Waals surface area contributed by atoms with Gasteiger partial charge in [-0.1, -0.05) is 0 Å². The number of amides is 2. The zero-order valence-electron chi connectivity index (χ0n) is 9.64. The highest BCUT2D eigenvalue weighted by Gasteiger charge is 2.40. The Balaban J connectivity index is 2.39. The van der Waals surface area contributed by atoms with E-state index >= 15 is 0 Å². The minimum Gasteiger partial charge on any atom is -0.371 e. The standard InChI is InChI=1S/C9H11F3N4O2/c1-14-4-7(17)16(8(14)18)6-3-5(9(10,11)12)15(2)13-6/h3,7,17H,4H2,1-2H3. The summed E-state index contributed by atoms with van der Waals surface area (Å²) in [5, 5.41) is 13.2. The van der Waals surface area contributed by atoms with Crippen molar-refractivity contribution >= 4 is 11.8 Å². The van der Waals surface area contributed by atoms with E-state index in [1.165, 1.54) is 11.9 Å². The number of aryl methyl sites for hydroxylation is 1. The molecule has 18 heavy (non-hydrogen) atoms. The molecule has 9 heteroatoms. The molecule has 0 aliphatic carbocycles. The normalized spacial score (nSPS) is 21.0. The van der Waals surface area contributed by atoms with Crippen LogP contribution in [0.15, 0.2) is 6.07 Å². The average Bonchev–Trinajstić information content (AvgIpc) is 2.69. The zero-order chi connectivity index (χ0) is 13.7. The Labute approximate surface area is 100 Å². The molecule has 0 spiro atoms. The van der Waals surface area contributed by atoms with Crippen LogP contribution in [0.2, 0.25) is 0 Å². The second-order valence-corrected chi connectivity index (χ2v) is 4.02. The summed E-state index contributed by atoms with van der Waals surface area (Å²) in [6.07, 6.45) is -5.75. The van der Waals surface area contributed by atoms with Gasteiger partial charge in [-0.25, -0.2) is 9.69 Å². The van der Waals surface area contributed by atoms with Crippen molar-refractivity contribution in [1.82, 2.24) is 14.7 Å². The number of carbonyl (C=O) groups excluding carboxylic acids is 1. The Morgan fingerprint density at radius 2 is 2.06 bits per heavy atom. The molecule has 0 bridgehead atoms. The number of rotatable bonds is 1. The third-order valence-corrected chi connectivity index (χ3v) is 2.67. The topological polar surface area (TPSA) is 61.6 Å². The van der Waals surface area contributed by atoms with E-state index in [1.54, 1.807) is 0 Å². The molecule has 0 saturated carbocycles. The van der Waals surface area contributed by atoms with Gasteiger partial charge in [0.25, 0.3) is 0 Å². The Morgan fingerprint density at radius 3 is 2.44 bits per heavy atom. The highest BCUT2D eigenvalue weighted by Crippen LogP contribution is 2.32. The van der Waals surface area contributed by atoms with Crippen LogP contribution < -0.4 is 4.90 Å². The van der Waals surface area contributed by atoms with E-state index in [2.05, 4.69) is 5.10 Å². The lowest BCUT2D eigenvalue weighted by Gasteiger charge is -2.15. The first-order chi connectivity index (χ1) is 8.21. The van der Waals surface area contributed by atoms with Crippen LogP contribution in [0, 0.1) is 0 Å². The summed E-state index contributed by atoms with van der Waals surface area (Å²) in [4.78, 5) is 13.7. The van der Waals surface area contributed by atoms with Gasteiger partial charge >= 0.3 is 12.2 Å². The van der Waals surface area contributed by atoms with Crippen LogP contribution in [-0.4, -0.2) is 45.6 Å². The Kier molecular flexibility index (Phi) is 2.73. The number of hydrogen-bond acceptors (Lipinski definition) is 3. The van der Waals surface area contributed by atoms with Gasteiger partial charge in [0, 0.05) is 20.2 Å². The number of aliphatic hydroxyl groups is 1. The molecule has 100 valence electrons. The Morgan fingerprint density at radius 1 is 1.44 bits per heavy atom. The predicted octanol–water partition coefficient (Wildman–Crippen LogP) is 0.629. The van der Waals surface area contributed by atoms with Crippen LogP contribution in [0.4, 0.5) is 23.8 Å². The van der Waals surface area contributed by atoms with Crippen molar-refractivity contribution in [2.45, 2.75) is 12.4 Å². The molecule has 2 amide bonds. The molecule has 1 aromatic heterocycles. The number of aromatic nitrogens is 2. The van der Waals surface area contributed by atoms with Crippen LogP contribution in [0.1, 0.15) is 5.69 Å². The van der Waals surface area contributed by atoms with Gasteiger partial charge in [-0.3, -0.25) is 4.68 Å². The molecule has 1 saturated heterocycles. The molecular formula is C9H11F3N4O2. The molecule has 1 aliphatic rings. The number of alkyl halides is 3. The largest absolute Gasteiger partial charge is 0.433 e. The number of anilines is 1. The Hall–Kier alpha value is -1.77. The van der Waals surface area contributed by atoms with Crippen LogP contribution in [0.3, 0.4) is 0 Å². The zero-order valence-corrected chi connectivity index (χ0v) is 9.64.